The molecule has 0 aliphatic carbocycles. The van der Waals surface area contributed by atoms with Gasteiger partial charge in [0.05, 0.1) is 4.99 Å². The van der Waals surface area contributed by atoms with Crippen molar-refractivity contribution >= 4 is 17.2 Å². The Kier molecular flexibility index (Phi) is 2.22. The van der Waals surface area contributed by atoms with Crippen molar-refractivity contribution in [1.82, 2.24) is 4.90 Å². The quantitative estimate of drug-likeness (QED) is 0.424. The molecule has 0 saturated carbocycles. The largest absolute Gasteiger partial charge is 0.362 e. The standard InChI is InChI=1S/C7H11NS/c1-2-5-8-6-3-4-7(8)9/h2H,1,3-6H2. The van der Waals surface area contributed by atoms with Crippen LogP contribution in [0, 0.1) is 0 Å². The molecule has 0 atom stereocenters. The molecule has 0 aromatic rings. The van der Waals surface area contributed by atoms with Crippen LogP contribution in [-0.2, 0) is 0 Å². The minimum absolute atomic E-state index is 0.929. The summed E-state index contributed by atoms with van der Waals surface area (Å²) in [5, 5.41) is 0. The fraction of sp³-hybridized carbons (Fsp3) is 0.571. The summed E-state index contributed by atoms with van der Waals surface area (Å²) in [5.41, 5.74) is 0. The molecule has 1 saturated heterocycles. The summed E-state index contributed by atoms with van der Waals surface area (Å²) >= 11 is 5.08. The van der Waals surface area contributed by atoms with E-state index in [2.05, 4.69) is 11.5 Å². The van der Waals surface area contributed by atoms with Crippen LogP contribution in [0.25, 0.3) is 0 Å². The molecule has 1 aliphatic rings. The lowest BCUT2D eigenvalue weighted by Gasteiger charge is -2.13. The monoisotopic (exact) mass is 141 g/mol. The second-order valence-corrected chi connectivity index (χ2v) is 2.70. The van der Waals surface area contributed by atoms with Crippen molar-refractivity contribution in [2.24, 2.45) is 0 Å². The van der Waals surface area contributed by atoms with E-state index >= 15 is 0 Å². The van der Waals surface area contributed by atoms with Crippen molar-refractivity contribution in [3.8, 4) is 0 Å². The van der Waals surface area contributed by atoms with Crippen molar-refractivity contribution < 1.29 is 0 Å². The molecule has 0 spiro atoms. The van der Waals surface area contributed by atoms with E-state index in [1.165, 1.54) is 6.42 Å². The van der Waals surface area contributed by atoms with Crippen LogP contribution in [0.15, 0.2) is 12.7 Å². The number of nitrogens with zero attached hydrogens (tertiary/aromatic N) is 1. The summed E-state index contributed by atoms with van der Waals surface area (Å²) in [6.45, 7) is 5.72. The normalized spacial score (nSPS) is 18.7. The first-order valence-corrected chi connectivity index (χ1v) is 3.64. The van der Waals surface area contributed by atoms with E-state index in [4.69, 9.17) is 12.2 Å². The molecule has 0 aromatic heterocycles. The van der Waals surface area contributed by atoms with Gasteiger partial charge in [0.25, 0.3) is 0 Å². The van der Waals surface area contributed by atoms with Crippen LogP contribution in [0.4, 0.5) is 0 Å². The average molecular weight is 141 g/mol. The van der Waals surface area contributed by atoms with Gasteiger partial charge in [0, 0.05) is 13.1 Å². The third-order valence-electron chi connectivity index (χ3n) is 1.52. The Morgan fingerprint density at radius 3 is 3.00 bits per heavy atom. The molecule has 0 N–H and O–H groups in total. The van der Waals surface area contributed by atoms with Crippen LogP contribution in [0.5, 0.6) is 0 Å². The van der Waals surface area contributed by atoms with Crippen LogP contribution in [-0.4, -0.2) is 23.0 Å². The Balaban J connectivity index is 2.39. The molecular weight excluding hydrogens is 130 g/mol. The fourth-order valence-electron chi connectivity index (χ4n) is 1.05. The molecule has 0 unspecified atom stereocenters. The lowest BCUT2D eigenvalue weighted by atomic mass is 10.4. The topological polar surface area (TPSA) is 3.24 Å². The Morgan fingerprint density at radius 2 is 2.56 bits per heavy atom. The molecule has 1 rings (SSSR count). The first-order chi connectivity index (χ1) is 4.34. The van der Waals surface area contributed by atoms with Crippen molar-refractivity contribution in [1.29, 1.82) is 0 Å². The highest BCUT2D eigenvalue weighted by atomic mass is 32.1. The zero-order chi connectivity index (χ0) is 6.69. The number of hydrogen-bond acceptors (Lipinski definition) is 1. The van der Waals surface area contributed by atoms with Gasteiger partial charge in [-0.2, -0.15) is 0 Å². The van der Waals surface area contributed by atoms with Gasteiger partial charge in [-0.15, -0.1) is 6.58 Å². The number of hydrogen-bond donors (Lipinski definition) is 0. The molecular formula is C7H11NS. The number of likely N-dealkylation sites (tertiary alicyclic amines) is 1. The maximum Gasteiger partial charge on any atom is 0.0782 e. The highest BCUT2D eigenvalue weighted by Gasteiger charge is 2.13. The van der Waals surface area contributed by atoms with E-state index in [-0.39, 0.29) is 0 Å². The van der Waals surface area contributed by atoms with Gasteiger partial charge in [-0.1, -0.05) is 18.3 Å². The second-order valence-electron chi connectivity index (χ2n) is 2.23. The minimum Gasteiger partial charge on any atom is -0.362 e. The summed E-state index contributed by atoms with van der Waals surface area (Å²) in [6.07, 6.45) is 4.23. The van der Waals surface area contributed by atoms with E-state index < -0.39 is 0 Å². The SMILES string of the molecule is C=CCN1CCCC1=S. The summed E-state index contributed by atoms with van der Waals surface area (Å²) in [4.78, 5) is 3.30. The Hall–Kier alpha value is -0.370. The molecule has 50 valence electrons. The van der Waals surface area contributed by atoms with Crippen LogP contribution in [0.1, 0.15) is 12.8 Å². The maximum atomic E-state index is 5.08. The van der Waals surface area contributed by atoms with Gasteiger partial charge in [-0.05, 0) is 12.8 Å². The minimum atomic E-state index is 0.929. The molecule has 1 nitrogen and oxygen atoms in total. The van der Waals surface area contributed by atoms with E-state index in [9.17, 15) is 0 Å². The predicted octanol–water partition coefficient (Wildman–Crippen LogP) is 1.60. The molecule has 2 heteroatoms. The van der Waals surface area contributed by atoms with Gasteiger partial charge < -0.3 is 4.90 Å². The van der Waals surface area contributed by atoms with Crippen LogP contribution in [0.3, 0.4) is 0 Å². The maximum absolute atomic E-state index is 5.08. The van der Waals surface area contributed by atoms with Crippen molar-refractivity contribution in [2.75, 3.05) is 13.1 Å². The van der Waals surface area contributed by atoms with Gasteiger partial charge in [0.15, 0.2) is 0 Å². The van der Waals surface area contributed by atoms with E-state index in [0.29, 0.717) is 0 Å². The van der Waals surface area contributed by atoms with Gasteiger partial charge in [0.2, 0.25) is 0 Å². The van der Waals surface area contributed by atoms with Gasteiger partial charge in [-0.3, -0.25) is 0 Å². The lowest BCUT2D eigenvalue weighted by Crippen LogP contribution is -2.22. The zero-order valence-corrected chi connectivity index (χ0v) is 6.28. The Labute approximate surface area is 61.4 Å². The van der Waals surface area contributed by atoms with Crippen molar-refractivity contribution in [3.63, 3.8) is 0 Å². The molecule has 0 aromatic carbocycles. The Bertz CT molecular complexity index is 131. The summed E-state index contributed by atoms with van der Waals surface area (Å²) in [7, 11) is 0. The van der Waals surface area contributed by atoms with E-state index in [1.807, 2.05) is 6.08 Å². The third-order valence-corrected chi connectivity index (χ3v) is 1.98. The smallest absolute Gasteiger partial charge is 0.0782 e. The van der Waals surface area contributed by atoms with Crippen LogP contribution in [0.2, 0.25) is 0 Å². The lowest BCUT2D eigenvalue weighted by molar-refractivity contribution is 0.509. The molecule has 1 heterocycles. The average Bonchev–Trinajstić information content (AvgIpc) is 2.18. The molecule has 1 fully saturated rings. The van der Waals surface area contributed by atoms with E-state index in [0.717, 1.165) is 24.5 Å². The molecule has 0 amide bonds. The number of rotatable bonds is 2. The van der Waals surface area contributed by atoms with Crippen molar-refractivity contribution in [2.45, 2.75) is 12.8 Å². The highest BCUT2D eigenvalue weighted by Crippen LogP contribution is 2.10. The first-order valence-electron chi connectivity index (χ1n) is 3.23. The number of thiocarbonyl (C=S) groups is 1. The highest BCUT2D eigenvalue weighted by molar-refractivity contribution is 7.80. The van der Waals surface area contributed by atoms with Gasteiger partial charge in [-0.25, -0.2) is 0 Å². The summed E-state index contributed by atoms with van der Waals surface area (Å²) < 4.78 is 0. The van der Waals surface area contributed by atoms with Crippen LogP contribution < -0.4 is 0 Å². The van der Waals surface area contributed by atoms with E-state index in [1.54, 1.807) is 0 Å². The molecule has 0 radical (unpaired) electrons. The fourth-order valence-corrected chi connectivity index (χ4v) is 1.36. The summed E-state index contributed by atoms with van der Waals surface area (Å²) in [6, 6.07) is 0. The molecule has 0 bridgehead atoms. The third kappa shape index (κ3) is 1.52. The molecule has 1 aliphatic heterocycles. The first kappa shape index (κ1) is 6.75. The van der Waals surface area contributed by atoms with Gasteiger partial charge in [0.1, 0.15) is 0 Å². The van der Waals surface area contributed by atoms with Crippen molar-refractivity contribution in [3.05, 3.63) is 12.7 Å². The predicted molar refractivity (Wildman–Crippen MR) is 43.6 cm³/mol. The second kappa shape index (κ2) is 2.97. The van der Waals surface area contributed by atoms with Gasteiger partial charge >= 0.3 is 0 Å². The molecule has 9 heavy (non-hydrogen) atoms. The van der Waals surface area contributed by atoms with Crippen LogP contribution >= 0.6 is 12.2 Å². The zero-order valence-electron chi connectivity index (χ0n) is 5.47. The summed E-state index contributed by atoms with van der Waals surface area (Å²) in [5.74, 6) is 0. The Morgan fingerprint density at radius 1 is 1.78 bits per heavy atom.